The van der Waals surface area contributed by atoms with Gasteiger partial charge in [0.1, 0.15) is 23.7 Å². The molecule has 4 rings (SSSR count). The van der Waals surface area contributed by atoms with Crippen LogP contribution in [-0.4, -0.2) is 105 Å². The molecule has 354 valence electrons. The van der Waals surface area contributed by atoms with Crippen molar-refractivity contribution in [3.63, 3.8) is 0 Å². The Morgan fingerprint density at radius 1 is 0.873 bits per heavy atom. The van der Waals surface area contributed by atoms with Gasteiger partial charge in [0.05, 0.1) is 24.4 Å². The lowest BCUT2D eigenvalue weighted by Crippen LogP contribution is -2.61. The number of amides is 1. The summed E-state index contributed by atoms with van der Waals surface area (Å²) >= 11 is 0. The lowest BCUT2D eigenvalue weighted by atomic mass is 9.75. The molecule has 63 heavy (non-hydrogen) atoms. The summed E-state index contributed by atoms with van der Waals surface area (Å²) in [5.41, 5.74) is 1.40. The molecule has 0 aromatic heterocycles. The van der Waals surface area contributed by atoms with Gasteiger partial charge >= 0.3 is 5.97 Å². The minimum Gasteiger partial charge on any atom is -0.460 e. The quantitative estimate of drug-likeness (QED) is 0.146. The van der Waals surface area contributed by atoms with Crippen molar-refractivity contribution in [3.05, 3.63) is 47.6 Å². The third-order valence-electron chi connectivity index (χ3n) is 14.6. The normalized spacial score (nSPS) is 40.0. The topological polar surface area (TPSA) is 177 Å². The summed E-state index contributed by atoms with van der Waals surface area (Å²) in [6.45, 7) is 16.8. The Morgan fingerprint density at radius 3 is 2.27 bits per heavy atom. The maximum atomic E-state index is 14.3. The molecule has 3 fully saturated rings. The third-order valence-corrected chi connectivity index (χ3v) is 14.6. The maximum absolute atomic E-state index is 14.3. The fraction of sp³-hybridized carbons (Fsp3) is 0.745. The highest BCUT2D eigenvalue weighted by Gasteiger charge is 2.53. The summed E-state index contributed by atoms with van der Waals surface area (Å²) in [4.78, 5) is 71.5. The van der Waals surface area contributed by atoms with Gasteiger partial charge in [0, 0.05) is 50.2 Å². The molecule has 0 spiro atoms. The molecule has 3 aliphatic heterocycles. The van der Waals surface area contributed by atoms with Crippen molar-refractivity contribution in [3.8, 4) is 0 Å². The Kier molecular flexibility index (Phi) is 19.7. The number of methoxy groups -OCH3 is 1. The number of hydrogen-bond acceptors (Lipinski definition) is 11. The number of fused-ring (bicyclic) bond motifs is 3. The van der Waals surface area contributed by atoms with Gasteiger partial charge in [-0.15, -0.1) is 0 Å². The van der Waals surface area contributed by atoms with Crippen molar-refractivity contribution in [1.82, 2.24) is 4.90 Å². The maximum Gasteiger partial charge on any atom is 0.329 e. The number of rotatable bonds is 4. The zero-order valence-electron chi connectivity index (χ0n) is 39.8. The highest BCUT2D eigenvalue weighted by molar-refractivity contribution is 6.39. The first-order valence-corrected chi connectivity index (χ1v) is 23.8. The van der Waals surface area contributed by atoms with E-state index < -0.39 is 71.7 Å². The zero-order chi connectivity index (χ0) is 46.8. The summed E-state index contributed by atoms with van der Waals surface area (Å²) in [6, 6.07) is -1.10. The lowest BCUT2D eigenvalue weighted by molar-refractivity contribution is -0.265. The molecule has 0 aromatic carbocycles. The number of aliphatic hydroxyl groups is 3. The average molecular weight is 882 g/mol. The molecule has 2 saturated heterocycles. The number of aliphatic hydroxyl groups excluding tert-OH is 2. The van der Waals surface area contributed by atoms with Gasteiger partial charge in [0.25, 0.3) is 11.7 Å². The van der Waals surface area contributed by atoms with Gasteiger partial charge in [0.15, 0.2) is 0 Å². The van der Waals surface area contributed by atoms with Crippen molar-refractivity contribution >= 4 is 29.2 Å². The molecule has 15 atom stereocenters. The van der Waals surface area contributed by atoms with Crippen molar-refractivity contribution in [2.24, 2.45) is 47.3 Å². The number of esters is 1. The van der Waals surface area contributed by atoms with Crippen LogP contribution in [0.2, 0.25) is 0 Å². The standard InChI is InChI=1S/C51H79NO11/c1-30-16-12-11-13-17-31(2)44(61-10)28-40-21-19-37(8)51(60,63-40)48(57)49(58)52-23-15-14-18-41(52)50(59)62-45(34(5)27-39-20-22-42(53)33(4)26-39)29-43(54)32(3)25-36(7)47(56)38(9)46(55)35(6)24-30/h11-13,16-17,25,30,32-35,37-42,44-45,47,53,56,60H,14-15,18-24,26-29H2,1-10H3/b13-11?,16-12+,31-17?,36-25+/t30-,32-,33-,34-,35-,37-,38+,39?,40+,41+,42-,44+,45?,47+,51-/m1/s1. The molecule has 0 aromatic rings. The highest BCUT2D eigenvalue weighted by atomic mass is 16.6. The lowest BCUT2D eigenvalue weighted by Gasteiger charge is -2.42. The van der Waals surface area contributed by atoms with Crippen LogP contribution < -0.4 is 0 Å². The molecule has 4 aliphatic rings. The van der Waals surface area contributed by atoms with Gasteiger partial charge < -0.3 is 34.4 Å². The second-order valence-corrected chi connectivity index (χ2v) is 19.9. The first-order chi connectivity index (χ1) is 29.7. The van der Waals surface area contributed by atoms with E-state index in [-0.39, 0.29) is 66.6 Å². The predicted molar refractivity (Wildman–Crippen MR) is 242 cm³/mol. The number of hydrogen-bond donors (Lipinski definition) is 3. The average Bonchev–Trinajstić information content (AvgIpc) is 3.25. The van der Waals surface area contributed by atoms with Crippen LogP contribution in [0.4, 0.5) is 0 Å². The van der Waals surface area contributed by atoms with Crippen molar-refractivity contribution in [1.29, 1.82) is 0 Å². The molecule has 1 amide bonds. The fourth-order valence-corrected chi connectivity index (χ4v) is 10.2. The zero-order valence-corrected chi connectivity index (χ0v) is 39.8. The van der Waals surface area contributed by atoms with Gasteiger partial charge in [-0.05, 0) is 113 Å². The summed E-state index contributed by atoms with van der Waals surface area (Å²) in [5.74, 6) is -7.70. The second-order valence-electron chi connectivity index (χ2n) is 19.9. The van der Waals surface area contributed by atoms with Gasteiger partial charge in [-0.1, -0.05) is 84.9 Å². The molecule has 3 N–H and O–H groups in total. The molecule has 2 unspecified atom stereocenters. The first-order valence-electron chi connectivity index (χ1n) is 23.8. The summed E-state index contributed by atoms with van der Waals surface area (Å²) in [5, 5.41) is 33.7. The van der Waals surface area contributed by atoms with Crippen LogP contribution in [0.15, 0.2) is 47.6 Å². The number of cyclic esters (lactones) is 1. The van der Waals surface area contributed by atoms with Gasteiger partial charge in [-0.25, -0.2) is 4.79 Å². The van der Waals surface area contributed by atoms with Crippen LogP contribution in [0.3, 0.4) is 0 Å². The Labute approximate surface area is 376 Å². The minimum atomic E-state index is -2.41. The molecule has 3 heterocycles. The first kappa shape index (κ1) is 52.3. The van der Waals surface area contributed by atoms with Crippen molar-refractivity contribution in [2.75, 3.05) is 13.7 Å². The molecule has 12 nitrogen and oxygen atoms in total. The van der Waals surface area contributed by atoms with Crippen LogP contribution in [0.5, 0.6) is 0 Å². The van der Waals surface area contributed by atoms with Crippen LogP contribution in [-0.2, 0) is 38.2 Å². The Hall–Kier alpha value is -3.29. The van der Waals surface area contributed by atoms with E-state index in [1.165, 1.54) is 4.90 Å². The van der Waals surface area contributed by atoms with Crippen LogP contribution in [0, 0.1) is 47.3 Å². The van der Waals surface area contributed by atoms with E-state index in [1.54, 1.807) is 40.9 Å². The highest BCUT2D eigenvalue weighted by Crippen LogP contribution is 2.38. The van der Waals surface area contributed by atoms with E-state index in [0.717, 1.165) is 18.4 Å². The number of carbonyl (C=O) groups excluding carboxylic acids is 5. The van der Waals surface area contributed by atoms with Crippen molar-refractivity contribution < 1.29 is 53.5 Å². The van der Waals surface area contributed by atoms with Gasteiger partial charge in [-0.2, -0.15) is 0 Å². The number of allylic oxidation sites excluding steroid dienone is 6. The molecule has 1 saturated carbocycles. The van der Waals surface area contributed by atoms with Gasteiger partial charge in [-0.3, -0.25) is 19.2 Å². The minimum absolute atomic E-state index is 0.0599. The number of piperidine rings is 1. The SMILES string of the molecule is CO[C@H]1C[C@@H]2CC[C@@H](C)[C@@](O)(O2)C(=O)C(=O)N2CCCC[C@H]2C(=O)OC([C@H](C)CC2CC[C@@H](O)[C@H](C)C2)CC(=O)[C@H](C)/C=C(\C)[C@H](O)[C@@H](C)C(=O)[C@H](C)C[C@H](C)/C=C/C=CC=C1C. The van der Waals surface area contributed by atoms with Crippen molar-refractivity contribution in [2.45, 2.75) is 182 Å². The smallest absolute Gasteiger partial charge is 0.329 e. The third kappa shape index (κ3) is 13.9. The number of Topliss-reactive ketones (excluding diaryl/α,β-unsaturated/α-hetero) is 3. The summed E-state index contributed by atoms with van der Waals surface area (Å²) in [7, 11) is 1.59. The number of ketones is 3. The summed E-state index contributed by atoms with van der Waals surface area (Å²) < 4.78 is 18.3. The Balaban J connectivity index is 1.68. The van der Waals surface area contributed by atoms with E-state index in [4.69, 9.17) is 14.2 Å². The number of ether oxygens (including phenoxy) is 3. The molecule has 12 heteroatoms. The van der Waals surface area contributed by atoms with E-state index in [2.05, 4.69) is 0 Å². The van der Waals surface area contributed by atoms with E-state index in [1.807, 2.05) is 65.0 Å². The second kappa shape index (κ2) is 23.8. The molecule has 2 bridgehead atoms. The monoisotopic (exact) mass is 882 g/mol. The van der Waals surface area contributed by atoms with E-state index >= 15 is 0 Å². The Bertz CT molecular complexity index is 1720. The largest absolute Gasteiger partial charge is 0.460 e. The summed E-state index contributed by atoms with van der Waals surface area (Å²) in [6.07, 6.45) is 14.2. The predicted octanol–water partition coefficient (Wildman–Crippen LogP) is 7.42. The number of carbonyl (C=O) groups is 5. The van der Waals surface area contributed by atoms with Crippen LogP contribution in [0.25, 0.3) is 0 Å². The van der Waals surface area contributed by atoms with Crippen LogP contribution >= 0.6 is 0 Å². The van der Waals surface area contributed by atoms with E-state index in [0.29, 0.717) is 56.9 Å². The van der Waals surface area contributed by atoms with E-state index in [9.17, 15) is 39.3 Å². The Morgan fingerprint density at radius 2 is 1.59 bits per heavy atom. The molecular formula is C51H79NO11. The molecule has 0 radical (unpaired) electrons. The molecular weight excluding hydrogens is 803 g/mol. The molecule has 1 aliphatic carbocycles. The fourth-order valence-electron chi connectivity index (χ4n) is 10.2. The van der Waals surface area contributed by atoms with Gasteiger partial charge in [0.2, 0.25) is 5.79 Å². The van der Waals surface area contributed by atoms with Crippen LogP contribution in [0.1, 0.15) is 139 Å². The number of nitrogens with zero attached hydrogens (tertiary/aromatic N) is 1.